The summed E-state index contributed by atoms with van der Waals surface area (Å²) >= 11 is 6.14. The lowest BCUT2D eigenvalue weighted by Gasteiger charge is -2.15. The average Bonchev–Trinajstić information content (AvgIpc) is 2.64. The molecule has 0 fully saturated rings. The zero-order valence-corrected chi connectivity index (χ0v) is 13.4. The topological polar surface area (TPSA) is 21.7 Å². The number of nitrogens with zero attached hydrogens (tertiary/aromatic N) is 1. The summed E-state index contributed by atoms with van der Waals surface area (Å²) in [6.45, 7) is 1.45. The van der Waals surface area contributed by atoms with Crippen LogP contribution in [0.15, 0.2) is 42.5 Å². The molecule has 3 rings (SSSR count). The van der Waals surface area contributed by atoms with E-state index in [2.05, 4.69) is 4.90 Å². The molecule has 0 aliphatic carbocycles. The third-order valence-corrected chi connectivity index (χ3v) is 3.66. The van der Waals surface area contributed by atoms with Crippen LogP contribution in [0.1, 0.15) is 11.1 Å². The van der Waals surface area contributed by atoms with Crippen LogP contribution in [0, 0.1) is 0 Å². The first-order chi connectivity index (χ1) is 10.6. The largest absolute Gasteiger partial charge is 0.491 e. The molecule has 1 aliphatic rings. The quantitative estimate of drug-likeness (QED) is 0.828. The number of benzene rings is 2. The first-order valence-electron chi connectivity index (χ1n) is 7.19. The number of hydrogen-bond donors (Lipinski definition) is 0. The van der Waals surface area contributed by atoms with Crippen molar-refractivity contribution >= 4 is 23.4 Å². The highest BCUT2D eigenvalue weighted by molar-refractivity contribution is 6.30. The minimum atomic E-state index is 0.604. The van der Waals surface area contributed by atoms with Crippen molar-refractivity contribution in [2.75, 3.05) is 27.2 Å². The maximum absolute atomic E-state index is 6.14. The number of halogens is 1. The fourth-order valence-corrected chi connectivity index (χ4v) is 2.44. The molecule has 2 aromatic carbocycles. The Balaban J connectivity index is 2.00. The van der Waals surface area contributed by atoms with Crippen molar-refractivity contribution in [1.29, 1.82) is 0 Å². The number of likely N-dealkylation sites (N-methyl/N-ethyl adjacent to an activating group) is 1. The monoisotopic (exact) mass is 315 g/mol. The molecule has 22 heavy (non-hydrogen) atoms. The summed E-state index contributed by atoms with van der Waals surface area (Å²) in [4.78, 5) is 2.08. The molecule has 0 saturated carbocycles. The molecule has 114 valence electrons. The lowest BCUT2D eigenvalue weighted by atomic mass is 10.1. The Morgan fingerprint density at radius 2 is 1.91 bits per heavy atom. The lowest BCUT2D eigenvalue weighted by molar-refractivity contribution is 0.233. The van der Waals surface area contributed by atoms with E-state index in [4.69, 9.17) is 21.1 Å². The van der Waals surface area contributed by atoms with E-state index in [1.165, 1.54) is 0 Å². The third kappa shape index (κ3) is 3.26. The van der Waals surface area contributed by atoms with Gasteiger partial charge in [0.05, 0.1) is 5.56 Å². The van der Waals surface area contributed by atoms with E-state index in [0.29, 0.717) is 11.6 Å². The third-order valence-electron chi connectivity index (χ3n) is 3.43. The molecule has 0 N–H and O–H groups in total. The molecule has 0 radical (unpaired) electrons. The van der Waals surface area contributed by atoms with E-state index in [-0.39, 0.29) is 0 Å². The fourth-order valence-electron chi connectivity index (χ4n) is 2.27. The van der Waals surface area contributed by atoms with E-state index in [1.807, 2.05) is 62.6 Å². The second kappa shape index (κ2) is 6.42. The standard InChI is InChI=1S/C18H18ClNO2/c1-20(2)9-10-21-18-11-13-5-3-4-6-16(13)22-17-8-7-14(19)12-15(17)18/h3-8,11-12H,9-10H2,1-2H3. The van der Waals surface area contributed by atoms with Gasteiger partial charge >= 0.3 is 0 Å². The Bertz CT molecular complexity index is 710. The van der Waals surface area contributed by atoms with Gasteiger partial charge in [-0.05, 0) is 44.4 Å². The van der Waals surface area contributed by atoms with Crippen LogP contribution in [0.5, 0.6) is 11.5 Å². The van der Waals surface area contributed by atoms with E-state index >= 15 is 0 Å². The van der Waals surface area contributed by atoms with Crippen LogP contribution in [0.25, 0.3) is 11.8 Å². The average molecular weight is 316 g/mol. The van der Waals surface area contributed by atoms with Crippen LogP contribution >= 0.6 is 11.6 Å². The van der Waals surface area contributed by atoms with Crippen LogP contribution in [0.4, 0.5) is 0 Å². The number of hydrogen-bond acceptors (Lipinski definition) is 3. The van der Waals surface area contributed by atoms with Crippen molar-refractivity contribution in [1.82, 2.24) is 4.90 Å². The van der Waals surface area contributed by atoms with Crippen LogP contribution in [-0.2, 0) is 4.74 Å². The highest BCUT2D eigenvalue weighted by Gasteiger charge is 2.18. The van der Waals surface area contributed by atoms with Crippen LogP contribution in [0.2, 0.25) is 5.02 Å². The van der Waals surface area contributed by atoms with Gasteiger partial charge < -0.3 is 14.4 Å². The molecular formula is C18H18ClNO2. The molecular weight excluding hydrogens is 298 g/mol. The summed E-state index contributed by atoms with van der Waals surface area (Å²) in [5.41, 5.74) is 1.87. The zero-order chi connectivity index (χ0) is 15.5. The van der Waals surface area contributed by atoms with Crippen LogP contribution in [-0.4, -0.2) is 32.1 Å². The predicted octanol–water partition coefficient (Wildman–Crippen LogP) is 4.52. The van der Waals surface area contributed by atoms with Gasteiger partial charge in [-0.2, -0.15) is 0 Å². The van der Waals surface area contributed by atoms with Gasteiger partial charge in [-0.3, -0.25) is 0 Å². The molecule has 4 heteroatoms. The Hall–Kier alpha value is -1.97. The maximum atomic E-state index is 6.14. The van der Waals surface area contributed by atoms with Gasteiger partial charge in [0.1, 0.15) is 23.9 Å². The number of rotatable bonds is 4. The van der Waals surface area contributed by atoms with Gasteiger partial charge in [0.2, 0.25) is 0 Å². The van der Waals surface area contributed by atoms with E-state index in [9.17, 15) is 0 Å². The minimum Gasteiger partial charge on any atom is -0.491 e. The van der Waals surface area contributed by atoms with Crippen molar-refractivity contribution in [3.8, 4) is 11.5 Å². The van der Waals surface area contributed by atoms with Crippen molar-refractivity contribution < 1.29 is 9.47 Å². The lowest BCUT2D eigenvalue weighted by Crippen LogP contribution is -2.17. The number of para-hydroxylation sites is 1. The van der Waals surface area contributed by atoms with Crippen molar-refractivity contribution in [3.05, 3.63) is 58.6 Å². The van der Waals surface area contributed by atoms with Crippen molar-refractivity contribution in [3.63, 3.8) is 0 Å². The zero-order valence-electron chi connectivity index (χ0n) is 12.7. The van der Waals surface area contributed by atoms with Gasteiger partial charge in [0.15, 0.2) is 0 Å². The molecule has 0 bridgehead atoms. The Labute approximate surface area is 135 Å². The molecule has 1 aliphatic heterocycles. The SMILES string of the molecule is CN(C)CCOC1=Cc2ccccc2Oc2ccc(Cl)cc21. The minimum absolute atomic E-state index is 0.604. The fraction of sp³-hybridized carbons (Fsp3) is 0.222. The molecule has 0 aromatic heterocycles. The van der Waals surface area contributed by atoms with Gasteiger partial charge in [-0.25, -0.2) is 0 Å². The molecule has 0 saturated heterocycles. The summed E-state index contributed by atoms with van der Waals surface area (Å²) in [6.07, 6.45) is 2.01. The second-order valence-corrected chi connectivity index (χ2v) is 5.88. The molecule has 0 amide bonds. The van der Waals surface area contributed by atoms with Crippen LogP contribution in [0.3, 0.4) is 0 Å². The predicted molar refractivity (Wildman–Crippen MR) is 90.3 cm³/mol. The Morgan fingerprint density at radius 3 is 2.73 bits per heavy atom. The summed E-state index contributed by atoms with van der Waals surface area (Å²) in [5.74, 6) is 2.35. The van der Waals surface area contributed by atoms with E-state index < -0.39 is 0 Å². The molecule has 1 heterocycles. The van der Waals surface area contributed by atoms with Crippen molar-refractivity contribution in [2.24, 2.45) is 0 Å². The molecule has 3 nitrogen and oxygen atoms in total. The number of fused-ring (bicyclic) bond motifs is 2. The molecule has 0 atom stereocenters. The highest BCUT2D eigenvalue weighted by atomic mass is 35.5. The summed E-state index contributed by atoms with van der Waals surface area (Å²) in [7, 11) is 4.04. The first kappa shape index (κ1) is 14.9. The molecule has 0 unspecified atom stereocenters. The summed E-state index contributed by atoms with van der Waals surface area (Å²) in [5, 5.41) is 0.662. The van der Waals surface area contributed by atoms with Gasteiger partial charge in [0.25, 0.3) is 0 Å². The van der Waals surface area contributed by atoms with Crippen molar-refractivity contribution in [2.45, 2.75) is 0 Å². The highest BCUT2D eigenvalue weighted by Crippen LogP contribution is 2.39. The number of ether oxygens (including phenoxy) is 2. The Kier molecular flexibility index (Phi) is 4.36. The normalized spacial score (nSPS) is 12.8. The summed E-state index contributed by atoms with van der Waals surface area (Å²) in [6, 6.07) is 13.5. The van der Waals surface area contributed by atoms with E-state index in [1.54, 1.807) is 0 Å². The Morgan fingerprint density at radius 1 is 1.09 bits per heavy atom. The first-order valence-corrected chi connectivity index (χ1v) is 7.57. The van der Waals surface area contributed by atoms with Gasteiger partial charge in [-0.15, -0.1) is 0 Å². The smallest absolute Gasteiger partial charge is 0.138 e. The molecule has 0 spiro atoms. The second-order valence-electron chi connectivity index (χ2n) is 5.44. The summed E-state index contributed by atoms with van der Waals surface area (Å²) < 4.78 is 12.0. The van der Waals surface area contributed by atoms with Gasteiger partial charge in [0, 0.05) is 17.1 Å². The molecule has 2 aromatic rings. The maximum Gasteiger partial charge on any atom is 0.138 e. The van der Waals surface area contributed by atoms with Gasteiger partial charge in [-0.1, -0.05) is 29.8 Å². The van der Waals surface area contributed by atoms with Crippen LogP contribution < -0.4 is 4.74 Å². The van der Waals surface area contributed by atoms with E-state index in [0.717, 1.165) is 34.9 Å².